The lowest BCUT2D eigenvalue weighted by atomic mass is 10.1. The number of benzene rings is 2. The van der Waals surface area contributed by atoms with Gasteiger partial charge in [-0.3, -0.25) is 19.2 Å². The molecule has 2 aromatic carbocycles. The minimum atomic E-state index is -1.09. The third-order valence-electron chi connectivity index (χ3n) is 8.62. The Morgan fingerprint density at radius 3 is 1.22 bits per heavy atom. The van der Waals surface area contributed by atoms with E-state index in [0.29, 0.717) is 77.5 Å². The average molecular weight is 1380 g/mol. The number of carboxylic acid groups (broad SMARTS) is 2. The number of carboxylic acids is 2. The molecule has 51 heavy (non-hydrogen) atoms. The van der Waals surface area contributed by atoms with Crippen LogP contribution in [0.25, 0.3) is 0 Å². The summed E-state index contributed by atoms with van der Waals surface area (Å²) in [6.45, 7) is 1.83. The second kappa shape index (κ2) is 20.0. The Kier molecular flexibility index (Phi) is 17.0. The Morgan fingerprint density at radius 2 is 0.902 bits per heavy atom. The van der Waals surface area contributed by atoms with Crippen LogP contribution in [0.4, 0.5) is 11.4 Å². The van der Waals surface area contributed by atoms with Crippen LogP contribution in [0.2, 0.25) is 0 Å². The van der Waals surface area contributed by atoms with Gasteiger partial charge in [0.2, 0.25) is 23.6 Å². The number of halogens is 6. The molecule has 0 bridgehead atoms. The quantitative estimate of drug-likeness (QED) is 0.0961. The number of unbranched alkanes of at least 4 members (excludes halogenated alkanes) is 4. The van der Waals surface area contributed by atoms with Crippen molar-refractivity contribution in [2.24, 2.45) is 0 Å². The van der Waals surface area contributed by atoms with Gasteiger partial charge in [0.15, 0.2) is 0 Å². The normalized spacial score (nSPS) is 14.4. The summed E-state index contributed by atoms with van der Waals surface area (Å²) in [4.78, 5) is 78.3. The molecule has 0 aromatic heterocycles. The van der Waals surface area contributed by atoms with Crippen molar-refractivity contribution < 1.29 is 39.0 Å². The average Bonchev–Trinajstić information content (AvgIpc) is 3.67. The number of carbonyl (C=O) groups is 6. The van der Waals surface area contributed by atoms with Gasteiger partial charge in [-0.2, -0.15) is 0 Å². The van der Waals surface area contributed by atoms with Crippen LogP contribution in [0.3, 0.4) is 0 Å². The summed E-state index contributed by atoms with van der Waals surface area (Å²) in [5.41, 5.74) is 2.58. The molecule has 2 aliphatic heterocycles. The molecule has 276 valence electrons. The minimum Gasteiger partial charge on any atom is -0.478 e. The van der Waals surface area contributed by atoms with Crippen molar-refractivity contribution in [2.75, 3.05) is 23.7 Å². The van der Waals surface area contributed by atoms with E-state index in [1.807, 2.05) is 90.4 Å². The number of carbonyl (C=O) groups excluding carboxylic acids is 4. The molecular formula is C33H34I6N4O8. The second-order valence-corrected chi connectivity index (χ2v) is 18.6. The van der Waals surface area contributed by atoms with Crippen LogP contribution < -0.4 is 10.6 Å². The summed E-state index contributed by atoms with van der Waals surface area (Å²) in [5, 5.41) is 25.8. The van der Waals surface area contributed by atoms with Crippen LogP contribution in [0.5, 0.6) is 0 Å². The lowest BCUT2D eigenvalue weighted by Gasteiger charge is -2.22. The van der Waals surface area contributed by atoms with E-state index < -0.39 is 11.9 Å². The van der Waals surface area contributed by atoms with Gasteiger partial charge in [0.1, 0.15) is 0 Å². The highest BCUT2D eigenvalue weighted by Crippen LogP contribution is 2.38. The van der Waals surface area contributed by atoms with E-state index in [9.17, 15) is 39.0 Å². The van der Waals surface area contributed by atoms with Gasteiger partial charge < -0.3 is 30.6 Å². The number of likely N-dealkylation sites (tertiary alicyclic amines) is 2. The molecule has 2 heterocycles. The zero-order valence-corrected chi connectivity index (χ0v) is 40.1. The summed E-state index contributed by atoms with van der Waals surface area (Å²) < 4.78 is 3.47. The van der Waals surface area contributed by atoms with Crippen molar-refractivity contribution in [2.45, 2.75) is 83.7 Å². The van der Waals surface area contributed by atoms with Crippen molar-refractivity contribution >= 4 is 182 Å². The zero-order chi connectivity index (χ0) is 37.6. The highest BCUT2D eigenvalue weighted by atomic mass is 127. The second-order valence-electron chi connectivity index (χ2n) is 12.2. The molecule has 4 rings (SSSR count). The first-order chi connectivity index (χ1) is 24.1. The molecule has 0 aliphatic carbocycles. The van der Waals surface area contributed by atoms with Gasteiger partial charge in [-0.1, -0.05) is 19.3 Å². The number of hydrogen-bond acceptors (Lipinski definition) is 6. The first-order valence-electron chi connectivity index (χ1n) is 16.1. The number of anilines is 2. The Balaban J connectivity index is 1.28. The molecule has 0 atom stereocenters. The number of nitrogens with zero attached hydrogens (tertiary/aromatic N) is 2. The fraction of sp³-hybridized carbons (Fsp3) is 0.455. The summed E-state index contributed by atoms with van der Waals surface area (Å²) in [6.07, 6.45) is 6.59. The summed E-state index contributed by atoms with van der Waals surface area (Å²) in [6, 6.07) is 0. The molecule has 18 heteroatoms. The maximum Gasteiger partial charge on any atom is 0.337 e. The number of hydrogen-bond donors (Lipinski definition) is 4. The van der Waals surface area contributed by atoms with E-state index in [4.69, 9.17) is 0 Å². The molecule has 2 fully saturated rings. The number of nitrogens with one attached hydrogen (secondary N) is 2. The van der Waals surface area contributed by atoms with Gasteiger partial charge in [0.05, 0.1) is 29.6 Å². The van der Waals surface area contributed by atoms with Crippen molar-refractivity contribution in [3.8, 4) is 0 Å². The standard InChI is InChI=1S/C33H34I6N4O8/c34-24-16(14-42-12-6-10-20(42)46)26(36)30(28(38)22(24)32(48)49)40-18(44)8-4-2-1-3-5-9-19(45)41-31-27(37)17(15-43-13-7-11-21(43)47)25(35)23(29(31)39)33(50)51/h1-15H2,(H,40,44)(H,41,45)(H,48,49)(H,50,51). The fourth-order valence-electron chi connectivity index (χ4n) is 5.93. The predicted octanol–water partition coefficient (Wildman–Crippen LogP) is 8.26. The maximum atomic E-state index is 13.0. The summed E-state index contributed by atoms with van der Waals surface area (Å²) >= 11 is 12.2. The van der Waals surface area contributed by atoms with Crippen LogP contribution >= 0.6 is 136 Å². The molecule has 2 aliphatic rings. The predicted molar refractivity (Wildman–Crippen MR) is 242 cm³/mol. The van der Waals surface area contributed by atoms with E-state index in [1.54, 1.807) is 9.80 Å². The number of rotatable bonds is 16. The van der Waals surface area contributed by atoms with Crippen molar-refractivity contribution in [3.63, 3.8) is 0 Å². The first kappa shape index (κ1) is 43.4. The van der Waals surface area contributed by atoms with Gasteiger partial charge >= 0.3 is 11.9 Å². The Labute approximate surface area is 377 Å². The highest BCUT2D eigenvalue weighted by Gasteiger charge is 2.30. The van der Waals surface area contributed by atoms with Crippen molar-refractivity contribution in [1.29, 1.82) is 0 Å². The monoisotopic (exact) mass is 1380 g/mol. The van der Waals surface area contributed by atoms with Crippen LogP contribution in [0.1, 0.15) is 102 Å². The zero-order valence-electron chi connectivity index (χ0n) is 27.1. The van der Waals surface area contributed by atoms with Gasteiger partial charge in [-0.05, 0) is 161 Å². The van der Waals surface area contributed by atoms with E-state index in [2.05, 4.69) is 55.8 Å². The van der Waals surface area contributed by atoms with Crippen molar-refractivity contribution in [1.82, 2.24) is 9.80 Å². The fourth-order valence-corrected chi connectivity index (χ4v) is 14.4. The Hall–Kier alpha value is -0.360. The van der Waals surface area contributed by atoms with Crippen LogP contribution in [-0.2, 0) is 32.3 Å². The van der Waals surface area contributed by atoms with Gasteiger partial charge in [0, 0.05) is 77.3 Å². The molecule has 0 saturated carbocycles. The van der Waals surface area contributed by atoms with Gasteiger partial charge in [-0.25, -0.2) is 9.59 Å². The SMILES string of the molecule is O=C(CCCCCCCC(=O)Nc1c(I)c(CN2CCCC2=O)c(I)c(C(=O)O)c1I)Nc1c(I)c(CN2CCCC2=O)c(I)c(C(=O)O)c1I. The first-order valence-corrected chi connectivity index (χ1v) is 22.6. The van der Waals surface area contributed by atoms with Crippen LogP contribution in [-0.4, -0.2) is 68.7 Å². The smallest absolute Gasteiger partial charge is 0.337 e. The largest absolute Gasteiger partial charge is 0.478 e. The third kappa shape index (κ3) is 10.9. The number of amides is 4. The van der Waals surface area contributed by atoms with Crippen LogP contribution in [0, 0.1) is 21.4 Å². The third-order valence-corrected chi connectivity index (χ3v) is 15.5. The Bertz CT molecular complexity index is 1650. The van der Waals surface area contributed by atoms with E-state index in [0.717, 1.165) is 50.4 Å². The summed E-state index contributed by atoms with van der Waals surface area (Å²) in [7, 11) is 0. The van der Waals surface area contributed by atoms with E-state index >= 15 is 0 Å². The molecule has 0 spiro atoms. The molecule has 0 radical (unpaired) electrons. The maximum absolute atomic E-state index is 13.0. The lowest BCUT2D eigenvalue weighted by Crippen LogP contribution is -2.26. The molecule has 4 amide bonds. The van der Waals surface area contributed by atoms with Crippen molar-refractivity contribution in [3.05, 3.63) is 43.7 Å². The summed E-state index contributed by atoms with van der Waals surface area (Å²) in [5.74, 6) is -2.55. The molecule has 12 nitrogen and oxygen atoms in total. The van der Waals surface area contributed by atoms with E-state index in [-0.39, 0.29) is 47.6 Å². The molecule has 2 saturated heterocycles. The van der Waals surface area contributed by atoms with E-state index in [1.165, 1.54) is 0 Å². The molecule has 0 unspecified atom stereocenters. The number of aromatic carboxylic acids is 2. The van der Waals surface area contributed by atoms with Gasteiger partial charge in [-0.15, -0.1) is 0 Å². The Morgan fingerprint density at radius 1 is 0.549 bits per heavy atom. The molecular weight excluding hydrogens is 1340 g/mol. The lowest BCUT2D eigenvalue weighted by molar-refractivity contribution is -0.129. The minimum absolute atomic E-state index is 0.0367. The van der Waals surface area contributed by atoms with Gasteiger partial charge in [0.25, 0.3) is 0 Å². The highest BCUT2D eigenvalue weighted by molar-refractivity contribution is 14.1. The van der Waals surface area contributed by atoms with Crippen LogP contribution in [0.15, 0.2) is 0 Å². The molecule has 2 aromatic rings. The molecule has 4 N–H and O–H groups in total. The topological polar surface area (TPSA) is 173 Å².